The summed E-state index contributed by atoms with van der Waals surface area (Å²) >= 11 is 1.89. The van der Waals surface area contributed by atoms with Crippen molar-refractivity contribution in [3.63, 3.8) is 0 Å². The molecule has 1 atom stereocenters. The molecular formula is C10H15NO2S. The molecule has 2 fully saturated rings. The largest absolute Gasteiger partial charge is 0.337 e. The molecular weight excluding hydrogens is 198 g/mol. The molecule has 2 aliphatic heterocycles. The number of piperidine rings is 1. The number of thioether (sulfide) groups is 1. The predicted octanol–water partition coefficient (Wildman–Crippen LogP) is 1.07. The van der Waals surface area contributed by atoms with E-state index in [1.165, 1.54) is 0 Å². The molecule has 0 saturated carbocycles. The van der Waals surface area contributed by atoms with Gasteiger partial charge >= 0.3 is 0 Å². The van der Waals surface area contributed by atoms with E-state index in [9.17, 15) is 9.59 Å². The number of amides is 1. The Morgan fingerprint density at radius 2 is 2.14 bits per heavy atom. The van der Waals surface area contributed by atoms with Gasteiger partial charge in [0.25, 0.3) is 0 Å². The number of ketones is 1. The Kier molecular flexibility index (Phi) is 2.33. The standard InChI is InChI=1S/C10H15NO2S/c1-10(2)8(6-14-10)11-4-3-7(12)5-9(11)13/h8H,3-6H2,1-2H3. The number of carbonyl (C=O) groups excluding carboxylic acids is 2. The fourth-order valence-electron chi connectivity index (χ4n) is 2.01. The molecule has 0 aromatic heterocycles. The second-order valence-electron chi connectivity index (χ2n) is 4.48. The zero-order chi connectivity index (χ0) is 10.3. The number of rotatable bonds is 1. The Labute approximate surface area is 88.2 Å². The molecule has 0 aliphatic carbocycles. The highest BCUT2D eigenvalue weighted by Gasteiger charge is 2.45. The number of likely N-dealkylation sites (tertiary alicyclic amines) is 1. The molecule has 2 rings (SSSR count). The molecule has 78 valence electrons. The molecule has 1 unspecified atom stereocenters. The van der Waals surface area contributed by atoms with Gasteiger partial charge < -0.3 is 4.90 Å². The first-order valence-electron chi connectivity index (χ1n) is 4.96. The molecule has 0 N–H and O–H groups in total. The first-order valence-corrected chi connectivity index (χ1v) is 5.94. The Morgan fingerprint density at radius 3 is 2.57 bits per heavy atom. The van der Waals surface area contributed by atoms with Gasteiger partial charge in [0, 0.05) is 23.5 Å². The van der Waals surface area contributed by atoms with Crippen LogP contribution in [0, 0.1) is 0 Å². The summed E-state index contributed by atoms with van der Waals surface area (Å²) in [6.07, 6.45) is 0.667. The monoisotopic (exact) mass is 213 g/mol. The number of hydrogen-bond donors (Lipinski definition) is 0. The third-order valence-electron chi connectivity index (χ3n) is 3.09. The summed E-state index contributed by atoms with van der Waals surface area (Å²) < 4.78 is 0.177. The van der Waals surface area contributed by atoms with E-state index >= 15 is 0 Å². The van der Waals surface area contributed by atoms with E-state index in [1.54, 1.807) is 0 Å². The van der Waals surface area contributed by atoms with Crippen LogP contribution in [0.25, 0.3) is 0 Å². The van der Waals surface area contributed by atoms with Crippen molar-refractivity contribution < 1.29 is 9.59 Å². The van der Waals surface area contributed by atoms with Crippen molar-refractivity contribution >= 4 is 23.5 Å². The minimum absolute atomic E-state index is 0.0274. The quantitative estimate of drug-likeness (QED) is 0.611. The van der Waals surface area contributed by atoms with E-state index in [-0.39, 0.29) is 22.9 Å². The molecule has 4 heteroatoms. The first kappa shape index (κ1) is 10.0. The maximum absolute atomic E-state index is 11.6. The summed E-state index contributed by atoms with van der Waals surface area (Å²) in [6.45, 7) is 4.96. The van der Waals surface area contributed by atoms with Crippen molar-refractivity contribution in [3.05, 3.63) is 0 Å². The van der Waals surface area contributed by atoms with Crippen LogP contribution in [0.1, 0.15) is 26.7 Å². The van der Waals surface area contributed by atoms with Crippen LogP contribution in [0.4, 0.5) is 0 Å². The number of hydrogen-bond acceptors (Lipinski definition) is 3. The lowest BCUT2D eigenvalue weighted by Gasteiger charge is -2.50. The highest BCUT2D eigenvalue weighted by Crippen LogP contribution is 2.43. The van der Waals surface area contributed by atoms with Gasteiger partial charge in [-0.3, -0.25) is 9.59 Å². The zero-order valence-electron chi connectivity index (χ0n) is 8.58. The summed E-state index contributed by atoms with van der Waals surface area (Å²) in [6, 6.07) is 0.341. The first-order chi connectivity index (χ1) is 6.50. The fraction of sp³-hybridized carbons (Fsp3) is 0.800. The van der Waals surface area contributed by atoms with Gasteiger partial charge in [0.05, 0.1) is 12.5 Å². The normalized spacial score (nSPS) is 31.6. The van der Waals surface area contributed by atoms with Crippen LogP contribution < -0.4 is 0 Å². The average Bonchev–Trinajstić information content (AvgIpc) is 2.08. The lowest BCUT2D eigenvalue weighted by Crippen LogP contribution is -2.60. The molecule has 0 aromatic rings. The van der Waals surface area contributed by atoms with Gasteiger partial charge in [-0.05, 0) is 13.8 Å². The van der Waals surface area contributed by atoms with Crippen molar-refractivity contribution in [2.75, 3.05) is 12.3 Å². The Bertz CT molecular complexity index is 288. The van der Waals surface area contributed by atoms with Crippen LogP contribution in [0.5, 0.6) is 0 Å². The van der Waals surface area contributed by atoms with Gasteiger partial charge in [-0.15, -0.1) is 0 Å². The van der Waals surface area contributed by atoms with Crippen molar-refractivity contribution in [1.29, 1.82) is 0 Å². The van der Waals surface area contributed by atoms with Gasteiger partial charge in [-0.25, -0.2) is 0 Å². The Morgan fingerprint density at radius 1 is 1.43 bits per heavy atom. The van der Waals surface area contributed by atoms with Gasteiger partial charge in [0.15, 0.2) is 0 Å². The highest BCUT2D eigenvalue weighted by atomic mass is 32.2. The number of nitrogens with zero attached hydrogens (tertiary/aromatic N) is 1. The third-order valence-corrected chi connectivity index (χ3v) is 4.59. The van der Waals surface area contributed by atoms with E-state index in [0.717, 1.165) is 5.75 Å². The maximum Gasteiger partial charge on any atom is 0.230 e. The lowest BCUT2D eigenvalue weighted by atomic mass is 9.98. The molecule has 0 radical (unpaired) electrons. The van der Waals surface area contributed by atoms with E-state index in [1.807, 2.05) is 16.7 Å². The predicted molar refractivity (Wildman–Crippen MR) is 56.3 cm³/mol. The van der Waals surface area contributed by atoms with E-state index in [4.69, 9.17) is 0 Å². The summed E-state index contributed by atoms with van der Waals surface area (Å²) in [4.78, 5) is 24.6. The number of Topliss-reactive ketones (excluding diaryl/α,β-unsaturated/α-hetero) is 1. The van der Waals surface area contributed by atoms with Gasteiger partial charge in [0.2, 0.25) is 5.91 Å². The third kappa shape index (κ3) is 1.56. The SMILES string of the molecule is CC1(C)SCC1N1CCC(=O)CC1=O. The Hall–Kier alpha value is -0.510. The fourth-order valence-corrected chi connectivity index (χ4v) is 3.30. The maximum atomic E-state index is 11.6. The summed E-state index contributed by atoms with van der Waals surface area (Å²) in [5.41, 5.74) is 0. The van der Waals surface area contributed by atoms with Crippen LogP contribution in [0.15, 0.2) is 0 Å². The van der Waals surface area contributed by atoms with Crippen LogP contribution in [-0.4, -0.2) is 39.7 Å². The molecule has 0 bridgehead atoms. The van der Waals surface area contributed by atoms with Crippen LogP contribution in [0.2, 0.25) is 0 Å². The zero-order valence-corrected chi connectivity index (χ0v) is 9.39. The Balaban J connectivity index is 2.05. The topological polar surface area (TPSA) is 37.4 Å². The van der Waals surface area contributed by atoms with Gasteiger partial charge in [0.1, 0.15) is 5.78 Å². The molecule has 2 heterocycles. The molecule has 2 saturated heterocycles. The number of carbonyl (C=O) groups is 2. The van der Waals surface area contributed by atoms with Crippen LogP contribution in [-0.2, 0) is 9.59 Å². The summed E-state index contributed by atoms with van der Waals surface area (Å²) in [7, 11) is 0. The smallest absolute Gasteiger partial charge is 0.230 e. The molecule has 1 amide bonds. The second-order valence-corrected chi connectivity index (χ2v) is 6.16. The summed E-state index contributed by atoms with van der Waals surface area (Å²) in [5.74, 6) is 1.14. The van der Waals surface area contributed by atoms with Crippen LogP contribution >= 0.6 is 11.8 Å². The lowest BCUT2D eigenvalue weighted by molar-refractivity contribution is -0.141. The molecule has 0 spiro atoms. The van der Waals surface area contributed by atoms with Crippen molar-refractivity contribution in [2.24, 2.45) is 0 Å². The van der Waals surface area contributed by atoms with Crippen molar-refractivity contribution in [2.45, 2.75) is 37.5 Å². The van der Waals surface area contributed by atoms with E-state index in [0.29, 0.717) is 19.0 Å². The minimum atomic E-state index is 0.0274. The second kappa shape index (κ2) is 3.26. The molecule has 0 aromatic carbocycles. The van der Waals surface area contributed by atoms with Crippen LogP contribution in [0.3, 0.4) is 0 Å². The van der Waals surface area contributed by atoms with E-state index in [2.05, 4.69) is 13.8 Å². The molecule has 2 aliphatic rings. The van der Waals surface area contributed by atoms with Gasteiger partial charge in [-0.2, -0.15) is 11.8 Å². The minimum Gasteiger partial charge on any atom is -0.337 e. The van der Waals surface area contributed by atoms with E-state index < -0.39 is 0 Å². The molecule has 14 heavy (non-hydrogen) atoms. The van der Waals surface area contributed by atoms with Crippen molar-refractivity contribution in [3.8, 4) is 0 Å². The van der Waals surface area contributed by atoms with Gasteiger partial charge in [-0.1, -0.05) is 0 Å². The molecule has 3 nitrogen and oxygen atoms in total. The average molecular weight is 213 g/mol. The summed E-state index contributed by atoms with van der Waals surface area (Å²) in [5, 5.41) is 0. The van der Waals surface area contributed by atoms with Crippen molar-refractivity contribution in [1.82, 2.24) is 4.90 Å². The highest BCUT2D eigenvalue weighted by molar-refractivity contribution is 8.02.